The van der Waals surface area contributed by atoms with Crippen molar-refractivity contribution in [3.05, 3.63) is 65.6 Å². The van der Waals surface area contributed by atoms with E-state index in [2.05, 4.69) is 20.2 Å². The number of aliphatic imine (C=N–C) groups is 1. The number of nitrogens with one attached hydrogen (secondary N) is 1. The zero-order valence-corrected chi connectivity index (χ0v) is 14.1. The zero-order valence-electron chi connectivity index (χ0n) is 14.1. The van der Waals surface area contributed by atoms with Crippen LogP contribution in [0.3, 0.4) is 0 Å². The van der Waals surface area contributed by atoms with Gasteiger partial charge < -0.3 is 11.5 Å². The number of aromatic amines is 1. The van der Waals surface area contributed by atoms with E-state index in [9.17, 15) is 17.6 Å². The van der Waals surface area contributed by atoms with Crippen molar-refractivity contribution in [3.63, 3.8) is 0 Å². The largest absolute Gasteiger partial charge is 0.418 e. The van der Waals surface area contributed by atoms with Crippen LogP contribution in [0.5, 0.6) is 0 Å². The number of halogens is 4. The molecule has 1 aliphatic rings. The third-order valence-electron chi connectivity index (χ3n) is 4.23. The molecule has 0 spiro atoms. The fourth-order valence-corrected chi connectivity index (χ4v) is 3.03. The standard InChI is InChI=1S/C17H13F4N7/c18-10-3-1-2-9(17(19,20)21)15(10)28-14(23)5-13(22)26-16(28)12-4-11-8(6-24-12)7-25-27-11/h1-7,16H,23H2,(H2,22,26)(H,25,27). The number of amidine groups is 1. The molecule has 28 heavy (non-hydrogen) atoms. The van der Waals surface area contributed by atoms with Crippen LogP contribution in [-0.2, 0) is 6.18 Å². The number of H-pyrrole nitrogens is 1. The fraction of sp³-hybridized carbons (Fsp3) is 0.118. The Morgan fingerprint density at radius 3 is 2.68 bits per heavy atom. The summed E-state index contributed by atoms with van der Waals surface area (Å²) in [5, 5.41) is 7.29. The number of fused-ring (bicyclic) bond motifs is 1. The molecule has 144 valence electrons. The van der Waals surface area contributed by atoms with E-state index >= 15 is 0 Å². The summed E-state index contributed by atoms with van der Waals surface area (Å²) in [6.45, 7) is 0. The third kappa shape index (κ3) is 2.90. The molecule has 11 heteroatoms. The highest BCUT2D eigenvalue weighted by Gasteiger charge is 2.40. The second kappa shape index (κ2) is 6.22. The molecule has 0 saturated heterocycles. The first-order valence-corrected chi connectivity index (χ1v) is 8.00. The number of nitrogens with two attached hydrogens (primary N) is 2. The number of alkyl halides is 3. The highest BCUT2D eigenvalue weighted by molar-refractivity contribution is 5.94. The van der Waals surface area contributed by atoms with Crippen LogP contribution in [0.2, 0.25) is 0 Å². The van der Waals surface area contributed by atoms with Gasteiger partial charge in [0.1, 0.15) is 17.5 Å². The Morgan fingerprint density at radius 2 is 1.93 bits per heavy atom. The summed E-state index contributed by atoms with van der Waals surface area (Å²) in [4.78, 5) is 9.30. The van der Waals surface area contributed by atoms with Crippen LogP contribution in [0.4, 0.5) is 23.2 Å². The molecule has 2 aromatic heterocycles. The molecule has 0 saturated carbocycles. The lowest BCUT2D eigenvalue weighted by Crippen LogP contribution is -2.38. The van der Waals surface area contributed by atoms with Crippen LogP contribution in [0.25, 0.3) is 10.9 Å². The molecule has 3 aromatic rings. The first-order chi connectivity index (χ1) is 13.3. The second-order valence-electron chi connectivity index (χ2n) is 6.07. The molecule has 7 nitrogen and oxygen atoms in total. The van der Waals surface area contributed by atoms with Gasteiger partial charge in [-0.3, -0.25) is 15.0 Å². The lowest BCUT2D eigenvalue weighted by atomic mass is 10.1. The molecule has 0 radical (unpaired) electrons. The van der Waals surface area contributed by atoms with Crippen LogP contribution in [0, 0.1) is 5.82 Å². The number of pyridine rings is 1. The highest BCUT2D eigenvalue weighted by Crippen LogP contribution is 2.43. The summed E-state index contributed by atoms with van der Waals surface area (Å²) in [7, 11) is 0. The quantitative estimate of drug-likeness (QED) is 0.582. The van der Waals surface area contributed by atoms with E-state index in [0.29, 0.717) is 10.9 Å². The first-order valence-electron chi connectivity index (χ1n) is 8.00. The van der Waals surface area contributed by atoms with Gasteiger partial charge in [0.2, 0.25) is 0 Å². The molecule has 0 amide bonds. The number of benzene rings is 1. The number of rotatable bonds is 2. The number of anilines is 1. The van der Waals surface area contributed by atoms with E-state index in [1.807, 2.05) is 0 Å². The summed E-state index contributed by atoms with van der Waals surface area (Å²) in [5.41, 5.74) is 10.6. The van der Waals surface area contributed by atoms with Gasteiger partial charge in [-0.25, -0.2) is 9.38 Å². The number of para-hydroxylation sites is 1. The molecular formula is C17H13F4N7. The predicted octanol–water partition coefficient (Wildman–Crippen LogP) is 2.79. The van der Waals surface area contributed by atoms with Crippen molar-refractivity contribution >= 4 is 22.4 Å². The van der Waals surface area contributed by atoms with E-state index in [4.69, 9.17) is 11.5 Å². The summed E-state index contributed by atoms with van der Waals surface area (Å²) in [5.74, 6) is -1.32. The van der Waals surface area contributed by atoms with Gasteiger partial charge in [0.15, 0.2) is 6.17 Å². The molecule has 1 unspecified atom stereocenters. The van der Waals surface area contributed by atoms with Crippen molar-refractivity contribution in [1.82, 2.24) is 15.2 Å². The van der Waals surface area contributed by atoms with Crippen molar-refractivity contribution in [3.8, 4) is 0 Å². The first kappa shape index (κ1) is 17.8. The molecule has 1 aromatic carbocycles. The van der Waals surface area contributed by atoms with Crippen molar-refractivity contribution < 1.29 is 17.6 Å². The summed E-state index contributed by atoms with van der Waals surface area (Å²) >= 11 is 0. The molecule has 0 fully saturated rings. The minimum absolute atomic E-state index is 0.0184. The van der Waals surface area contributed by atoms with Gasteiger partial charge in [0, 0.05) is 17.7 Å². The smallest absolute Gasteiger partial charge is 0.385 e. The lowest BCUT2D eigenvalue weighted by Gasteiger charge is -2.35. The maximum absolute atomic E-state index is 14.6. The summed E-state index contributed by atoms with van der Waals surface area (Å²) in [6, 6.07) is 4.22. The SMILES string of the molecule is NC1=CC(N)=NC(c2cc3[nH]ncc3cn2)N1c1c(F)cccc1C(F)(F)F. The van der Waals surface area contributed by atoms with Crippen molar-refractivity contribution in [2.24, 2.45) is 16.5 Å². The van der Waals surface area contributed by atoms with Gasteiger partial charge in [0.25, 0.3) is 0 Å². The van der Waals surface area contributed by atoms with Gasteiger partial charge in [-0.1, -0.05) is 6.07 Å². The average molecular weight is 391 g/mol. The molecule has 0 bridgehead atoms. The number of aromatic nitrogens is 3. The highest BCUT2D eigenvalue weighted by atomic mass is 19.4. The van der Waals surface area contributed by atoms with E-state index in [-0.39, 0.29) is 17.4 Å². The van der Waals surface area contributed by atoms with Gasteiger partial charge >= 0.3 is 6.18 Å². The molecule has 1 atom stereocenters. The number of nitrogens with zero attached hydrogens (tertiary/aromatic N) is 4. The minimum Gasteiger partial charge on any atom is -0.385 e. The van der Waals surface area contributed by atoms with Crippen LogP contribution in [0.15, 0.2) is 53.5 Å². The van der Waals surface area contributed by atoms with E-state index in [1.165, 1.54) is 12.4 Å². The van der Waals surface area contributed by atoms with E-state index < -0.39 is 29.4 Å². The number of hydrogen-bond donors (Lipinski definition) is 3. The third-order valence-corrected chi connectivity index (χ3v) is 4.23. The monoisotopic (exact) mass is 391 g/mol. The predicted molar refractivity (Wildman–Crippen MR) is 94.4 cm³/mol. The lowest BCUT2D eigenvalue weighted by molar-refractivity contribution is -0.137. The summed E-state index contributed by atoms with van der Waals surface area (Å²) < 4.78 is 55.2. The zero-order chi connectivity index (χ0) is 20.1. The Balaban J connectivity index is 1.93. The van der Waals surface area contributed by atoms with Crippen molar-refractivity contribution in [2.45, 2.75) is 12.3 Å². The Morgan fingerprint density at radius 1 is 1.14 bits per heavy atom. The summed E-state index contributed by atoms with van der Waals surface area (Å²) in [6.07, 6.45) is -1.84. The Labute approximate surface area is 155 Å². The van der Waals surface area contributed by atoms with Gasteiger partial charge in [-0.2, -0.15) is 18.3 Å². The minimum atomic E-state index is -4.81. The van der Waals surface area contributed by atoms with E-state index in [1.54, 1.807) is 6.07 Å². The molecular weight excluding hydrogens is 378 g/mol. The molecule has 4 rings (SSSR count). The molecule has 5 N–H and O–H groups in total. The molecule has 1 aliphatic heterocycles. The van der Waals surface area contributed by atoms with Crippen molar-refractivity contribution in [2.75, 3.05) is 4.90 Å². The average Bonchev–Trinajstić information content (AvgIpc) is 3.08. The van der Waals surface area contributed by atoms with Crippen molar-refractivity contribution in [1.29, 1.82) is 0 Å². The van der Waals surface area contributed by atoms with E-state index in [0.717, 1.165) is 29.2 Å². The van der Waals surface area contributed by atoms with Crippen LogP contribution in [0.1, 0.15) is 17.4 Å². The van der Waals surface area contributed by atoms with Gasteiger partial charge in [-0.15, -0.1) is 0 Å². The topological polar surface area (TPSA) is 109 Å². The maximum Gasteiger partial charge on any atom is 0.418 e. The number of hydrogen-bond acceptors (Lipinski definition) is 6. The molecule has 3 heterocycles. The molecule has 0 aliphatic carbocycles. The van der Waals surface area contributed by atoms with Gasteiger partial charge in [-0.05, 0) is 18.2 Å². The normalized spacial score (nSPS) is 17.6. The van der Waals surface area contributed by atoms with Crippen LogP contribution >= 0.6 is 0 Å². The van der Waals surface area contributed by atoms with Crippen LogP contribution in [-0.4, -0.2) is 21.0 Å². The Hall–Kier alpha value is -3.63. The van der Waals surface area contributed by atoms with Crippen LogP contribution < -0.4 is 16.4 Å². The maximum atomic E-state index is 14.6. The Bertz CT molecular complexity index is 1120. The Kier molecular flexibility index (Phi) is 3.95. The fourth-order valence-electron chi connectivity index (χ4n) is 3.03. The second-order valence-corrected chi connectivity index (χ2v) is 6.07. The van der Waals surface area contributed by atoms with Gasteiger partial charge in [0.05, 0.1) is 28.7 Å².